The van der Waals surface area contributed by atoms with Crippen LogP contribution in [0.25, 0.3) is 0 Å². The fourth-order valence-corrected chi connectivity index (χ4v) is 2.83. The second-order valence-corrected chi connectivity index (χ2v) is 6.05. The van der Waals surface area contributed by atoms with Crippen molar-refractivity contribution in [2.45, 2.75) is 0 Å². The Kier molecular flexibility index (Phi) is 5.06. The van der Waals surface area contributed by atoms with Crippen LogP contribution < -0.4 is 4.74 Å². The van der Waals surface area contributed by atoms with Gasteiger partial charge < -0.3 is 9.84 Å². The van der Waals surface area contributed by atoms with Crippen LogP contribution in [0.1, 0.15) is 0 Å². The van der Waals surface area contributed by atoms with E-state index in [9.17, 15) is 5.11 Å². The van der Waals surface area contributed by atoms with Crippen LogP contribution in [0.2, 0.25) is 30.1 Å². The Hall–Kier alpha value is -0.220. The maximum atomic E-state index is 9.83. The summed E-state index contributed by atoms with van der Waals surface area (Å²) in [6.07, 6.45) is 0. The molecule has 0 aromatic heterocycles. The van der Waals surface area contributed by atoms with Gasteiger partial charge in [0.15, 0.2) is 17.2 Å². The number of hydrogen-bond acceptors (Lipinski definition) is 2. The van der Waals surface area contributed by atoms with E-state index in [1.807, 2.05) is 0 Å². The third kappa shape index (κ3) is 3.16. The van der Waals surface area contributed by atoms with Gasteiger partial charge in [0, 0.05) is 11.1 Å². The minimum Gasteiger partial charge on any atom is -0.503 e. The van der Waals surface area contributed by atoms with Crippen LogP contribution in [-0.4, -0.2) is 5.11 Å². The first kappa shape index (κ1) is 16.2. The molecule has 0 radical (unpaired) electrons. The zero-order chi connectivity index (χ0) is 15.0. The molecular weight excluding hydrogens is 389 g/mol. The summed E-state index contributed by atoms with van der Waals surface area (Å²) in [6.45, 7) is 0. The highest BCUT2D eigenvalue weighted by molar-refractivity contribution is 6.50. The Bertz CT molecular complexity index is 686. The molecule has 20 heavy (non-hydrogen) atoms. The maximum absolute atomic E-state index is 9.83. The summed E-state index contributed by atoms with van der Waals surface area (Å²) in [5.41, 5.74) is 0. The SMILES string of the molecule is Oc1c(Cl)cc(Cl)cc1Oc1c(Cl)cc(Cl)c(Cl)c1Cl. The number of hydrogen-bond donors (Lipinski definition) is 1. The zero-order valence-corrected chi connectivity index (χ0v) is 13.9. The van der Waals surface area contributed by atoms with Gasteiger partial charge in [-0.2, -0.15) is 0 Å². The molecule has 0 unspecified atom stereocenters. The number of ether oxygens (including phenoxy) is 1. The highest BCUT2D eigenvalue weighted by atomic mass is 35.5. The van der Waals surface area contributed by atoms with Gasteiger partial charge >= 0.3 is 0 Å². The van der Waals surface area contributed by atoms with Crippen molar-refractivity contribution >= 4 is 69.6 Å². The molecule has 0 aliphatic heterocycles. The first-order valence-corrected chi connectivity index (χ1v) is 7.27. The summed E-state index contributed by atoms with van der Waals surface area (Å²) in [4.78, 5) is 0. The van der Waals surface area contributed by atoms with E-state index in [4.69, 9.17) is 74.3 Å². The van der Waals surface area contributed by atoms with Crippen molar-refractivity contribution in [3.05, 3.63) is 48.3 Å². The minimum absolute atomic E-state index is 0.00955. The van der Waals surface area contributed by atoms with Crippen molar-refractivity contribution in [2.24, 2.45) is 0 Å². The lowest BCUT2D eigenvalue weighted by atomic mass is 10.3. The molecule has 0 aliphatic rings. The predicted molar refractivity (Wildman–Crippen MR) is 84.7 cm³/mol. The lowest BCUT2D eigenvalue weighted by Gasteiger charge is -2.13. The minimum atomic E-state index is -0.297. The largest absolute Gasteiger partial charge is 0.503 e. The molecule has 2 rings (SSSR count). The number of aromatic hydroxyl groups is 1. The van der Waals surface area contributed by atoms with Crippen LogP contribution in [0, 0.1) is 0 Å². The molecule has 0 saturated heterocycles. The van der Waals surface area contributed by atoms with Crippen LogP contribution in [0.15, 0.2) is 18.2 Å². The fraction of sp³-hybridized carbons (Fsp3) is 0. The van der Waals surface area contributed by atoms with Crippen molar-refractivity contribution in [3.63, 3.8) is 0 Å². The Morgan fingerprint density at radius 2 is 1.40 bits per heavy atom. The Balaban J connectivity index is 2.54. The van der Waals surface area contributed by atoms with Crippen LogP contribution in [0.4, 0.5) is 0 Å². The first-order valence-electron chi connectivity index (χ1n) is 5.00. The summed E-state index contributed by atoms with van der Waals surface area (Å²) in [5.74, 6) is -0.268. The molecule has 0 spiro atoms. The van der Waals surface area contributed by atoms with E-state index in [-0.39, 0.29) is 47.4 Å². The predicted octanol–water partition coefficient (Wildman–Crippen LogP) is 7.10. The van der Waals surface area contributed by atoms with Gasteiger partial charge in [-0.05, 0) is 12.1 Å². The van der Waals surface area contributed by atoms with Gasteiger partial charge in [-0.25, -0.2) is 0 Å². The van der Waals surface area contributed by atoms with E-state index < -0.39 is 0 Å². The number of benzene rings is 2. The molecule has 0 atom stereocenters. The lowest BCUT2D eigenvalue weighted by Crippen LogP contribution is -1.89. The van der Waals surface area contributed by atoms with E-state index in [0.717, 1.165) is 0 Å². The summed E-state index contributed by atoms with van der Waals surface area (Å²) in [6, 6.07) is 4.09. The lowest BCUT2D eigenvalue weighted by molar-refractivity contribution is 0.412. The van der Waals surface area contributed by atoms with Gasteiger partial charge in [-0.3, -0.25) is 0 Å². The van der Waals surface area contributed by atoms with Crippen molar-refractivity contribution in [1.29, 1.82) is 0 Å². The van der Waals surface area contributed by atoms with Crippen LogP contribution in [0.3, 0.4) is 0 Å². The van der Waals surface area contributed by atoms with E-state index in [2.05, 4.69) is 0 Å². The van der Waals surface area contributed by atoms with Crippen LogP contribution in [0.5, 0.6) is 17.2 Å². The average molecular weight is 393 g/mol. The molecular formula is C12H4Cl6O2. The molecule has 8 heteroatoms. The zero-order valence-electron chi connectivity index (χ0n) is 9.36. The van der Waals surface area contributed by atoms with Gasteiger partial charge in [0.1, 0.15) is 5.02 Å². The Labute approximate surface area is 144 Å². The van der Waals surface area contributed by atoms with Crippen molar-refractivity contribution in [3.8, 4) is 17.2 Å². The third-order valence-corrected chi connectivity index (χ3v) is 4.31. The van der Waals surface area contributed by atoms with E-state index in [1.165, 1.54) is 18.2 Å². The number of phenolic OH excluding ortho intramolecular Hbond substituents is 1. The monoisotopic (exact) mass is 390 g/mol. The fourth-order valence-electron chi connectivity index (χ4n) is 1.37. The normalized spacial score (nSPS) is 10.7. The van der Waals surface area contributed by atoms with Crippen LogP contribution in [-0.2, 0) is 0 Å². The molecule has 0 heterocycles. The van der Waals surface area contributed by atoms with Gasteiger partial charge in [0.2, 0.25) is 0 Å². The van der Waals surface area contributed by atoms with Crippen molar-refractivity contribution in [2.75, 3.05) is 0 Å². The molecule has 1 N–H and O–H groups in total. The number of halogens is 6. The standard InChI is InChI=1S/C12H4Cl6O2/c13-4-1-6(15)11(19)8(2-4)20-12-7(16)3-5(14)9(17)10(12)18/h1-3,19H. The summed E-state index contributed by atoms with van der Waals surface area (Å²) in [5, 5.41) is 10.5. The summed E-state index contributed by atoms with van der Waals surface area (Å²) >= 11 is 35.4. The molecule has 2 aromatic rings. The highest BCUT2D eigenvalue weighted by Crippen LogP contribution is 2.47. The Morgan fingerprint density at radius 1 is 0.750 bits per heavy atom. The van der Waals surface area contributed by atoms with Gasteiger partial charge in [-0.1, -0.05) is 69.6 Å². The maximum Gasteiger partial charge on any atom is 0.177 e. The molecule has 0 bridgehead atoms. The molecule has 2 nitrogen and oxygen atoms in total. The van der Waals surface area contributed by atoms with E-state index >= 15 is 0 Å². The molecule has 0 aliphatic carbocycles. The number of rotatable bonds is 2. The molecule has 0 amide bonds. The molecule has 106 valence electrons. The Morgan fingerprint density at radius 3 is 2.05 bits per heavy atom. The van der Waals surface area contributed by atoms with Gasteiger partial charge in [0.05, 0.1) is 20.1 Å². The quantitative estimate of drug-likeness (QED) is 0.436. The van der Waals surface area contributed by atoms with E-state index in [0.29, 0.717) is 0 Å². The third-order valence-electron chi connectivity index (χ3n) is 2.28. The van der Waals surface area contributed by atoms with Crippen LogP contribution >= 0.6 is 69.6 Å². The average Bonchev–Trinajstić information content (AvgIpc) is 2.37. The first-order chi connectivity index (χ1) is 9.31. The van der Waals surface area contributed by atoms with Gasteiger partial charge in [0.25, 0.3) is 0 Å². The second-order valence-electron chi connectivity index (χ2n) is 3.63. The smallest absolute Gasteiger partial charge is 0.177 e. The van der Waals surface area contributed by atoms with Crippen molar-refractivity contribution < 1.29 is 9.84 Å². The molecule has 0 fully saturated rings. The molecule has 0 saturated carbocycles. The summed E-state index contributed by atoms with van der Waals surface area (Å²) < 4.78 is 5.44. The second kappa shape index (κ2) is 6.27. The topological polar surface area (TPSA) is 29.5 Å². The summed E-state index contributed by atoms with van der Waals surface area (Å²) in [7, 11) is 0. The number of phenols is 1. The molecule has 2 aromatic carbocycles. The highest BCUT2D eigenvalue weighted by Gasteiger charge is 2.18. The van der Waals surface area contributed by atoms with Crippen molar-refractivity contribution in [1.82, 2.24) is 0 Å². The van der Waals surface area contributed by atoms with E-state index in [1.54, 1.807) is 0 Å². The van der Waals surface area contributed by atoms with Gasteiger partial charge in [-0.15, -0.1) is 0 Å².